The molecule has 0 radical (unpaired) electrons. The molecule has 0 bridgehead atoms. The first kappa shape index (κ1) is 42.0. The molecule has 0 aromatic rings. The van der Waals surface area contributed by atoms with Crippen LogP contribution in [0.4, 0.5) is 0 Å². The minimum atomic E-state index is -3.17. The Morgan fingerprint density at radius 2 is 0.463 bits per heavy atom. The molecule has 0 heterocycles. The first-order valence-corrected chi connectivity index (χ1v) is 31.2. The molecule has 0 aromatic carbocycles. The normalized spacial score (nSPS) is 14.6. The lowest BCUT2D eigenvalue weighted by atomic mass is 10.9. The van der Waals surface area contributed by atoms with E-state index in [2.05, 4.69) is 39.3 Å². The molecule has 0 saturated heterocycles. The second kappa shape index (κ2) is 17.7. The Morgan fingerprint density at radius 1 is 0.293 bits per heavy atom. The fraction of sp³-hybridized carbons (Fsp3) is 1.00. The van der Waals surface area contributed by atoms with E-state index < -0.39 is 60.2 Å². The highest BCUT2D eigenvalue weighted by atomic mass is 28.5. The fourth-order valence-corrected chi connectivity index (χ4v) is 33.9. The first-order valence-electron chi connectivity index (χ1n) is 13.9. The third-order valence-electron chi connectivity index (χ3n) is 7.28. The van der Waals surface area contributed by atoms with E-state index in [1.807, 2.05) is 6.55 Å². The van der Waals surface area contributed by atoms with Crippen molar-refractivity contribution >= 4 is 60.2 Å². The molecule has 0 aromatic heterocycles. The second-order valence-electron chi connectivity index (χ2n) is 11.8. The first-order chi connectivity index (χ1) is 18.8. The minimum absolute atomic E-state index is 0.648. The average Bonchev–Trinajstić information content (AvgIpc) is 2.90. The van der Waals surface area contributed by atoms with Crippen LogP contribution in [0.3, 0.4) is 0 Å². The highest BCUT2D eigenvalue weighted by molar-refractivity contribution is 6.91. The van der Waals surface area contributed by atoms with Crippen molar-refractivity contribution in [2.45, 2.75) is 82.1 Å². The van der Waals surface area contributed by atoms with Gasteiger partial charge in [-0.1, -0.05) is 0 Å². The molecule has 0 aliphatic carbocycles. The number of hydrogen-bond donors (Lipinski definition) is 0. The molecule has 19 heteroatoms. The van der Waals surface area contributed by atoms with Crippen molar-refractivity contribution in [3.8, 4) is 0 Å². The van der Waals surface area contributed by atoms with Crippen molar-refractivity contribution in [3.63, 3.8) is 0 Å². The Hall–Kier alpha value is 1.04. The van der Waals surface area contributed by atoms with Crippen LogP contribution in [-0.2, 0) is 52.2 Å². The van der Waals surface area contributed by atoms with Crippen molar-refractivity contribution in [2.75, 3.05) is 64.0 Å². The van der Waals surface area contributed by atoms with E-state index in [1.54, 1.807) is 64.0 Å². The van der Waals surface area contributed by atoms with Crippen molar-refractivity contribution in [1.29, 1.82) is 0 Å². The standard InChI is InChI=1S/C22H60O12Si7/c1-23-39(24-2,25-3)20-17-35(10,11)32-38(16,33-36(12,13)18-21-40(26-4,27-5)28-6)34-37(14,15)19-22-41(29-7,30-8)31-9/h17-22H2,1-16H3. The van der Waals surface area contributed by atoms with Gasteiger partial charge in [-0.25, -0.2) is 0 Å². The Morgan fingerprint density at radius 3 is 0.610 bits per heavy atom. The lowest BCUT2D eigenvalue weighted by Crippen LogP contribution is -2.61. The molecule has 0 aliphatic rings. The van der Waals surface area contributed by atoms with Gasteiger partial charge in [0.1, 0.15) is 0 Å². The monoisotopic (exact) mass is 712 g/mol. The van der Waals surface area contributed by atoms with E-state index in [-0.39, 0.29) is 0 Å². The summed E-state index contributed by atoms with van der Waals surface area (Å²) in [6.07, 6.45) is 0. The van der Waals surface area contributed by atoms with Crippen LogP contribution in [0.1, 0.15) is 0 Å². The maximum absolute atomic E-state index is 7.04. The van der Waals surface area contributed by atoms with Crippen molar-refractivity contribution in [2.24, 2.45) is 0 Å². The highest BCUT2D eigenvalue weighted by Gasteiger charge is 2.52. The predicted molar refractivity (Wildman–Crippen MR) is 177 cm³/mol. The average molecular weight is 713 g/mol. The van der Waals surface area contributed by atoms with Crippen LogP contribution in [-0.4, -0.2) is 124 Å². The molecular weight excluding hydrogens is 653 g/mol. The maximum atomic E-state index is 7.04. The third-order valence-corrected chi connectivity index (χ3v) is 32.4. The molecule has 0 N–H and O–H groups in total. The van der Waals surface area contributed by atoms with Gasteiger partial charge in [0.15, 0.2) is 25.0 Å². The van der Waals surface area contributed by atoms with E-state index >= 15 is 0 Å². The number of hydrogen-bond acceptors (Lipinski definition) is 12. The maximum Gasteiger partial charge on any atom is 0.499 e. The van der Waals surface area contributed by atoms with Crippen LogP contribution in [0.15, 0.2) is 0 Å². The molecule has 0 amide bonds. The minimum Gasteiger partial charge on any atom is -0.417 e. The Kier molecular flexibility index (Phi) is 18.1. The zero-order valence-corrected chi connectivity index (χ0v) is 35.6. The smallest absolute Gasteiger partial charge is 0.417 e. The van der Waals surface area contributed by atoms with E-state index in [9.17, 15) is 0 Å². The van der Waals surface area contributed by atoms with Crippen LogP contribution in [0.25, 0.3) is 0 Å². The lowest BCUT2D eigenvalue weighted by Gasteiger charge is -2.44. The van der Waals surface area contributed by atoms with Gasteiger partial charge in [0.05, 0.1) is 0 Å². The quantitative estimate of drug-likeness (QED) is 0.128. The molecule has 0 rings (SSSR count). The zero-order valence-electron chi connectivity index (χ0n) is 28.6. The summed E-state index contributed by atoms with van der Waals surface area (Å²) in [6, 6.07) is 4.26. The molecular formula is C22H60O12Si7. The molecule has 0 atom stereocenters. The van der Waals surface area contributed by atoms with Crippen molar-refractivity contribution < 1.29 is 52.2 Å². The molecule has 0 saturated carbocycles. The van der Waals surface area contributed by atoms with E-state index in [1.165, 1.54) is 0 Å². The van der Waals surface area contributed by atoms with Gasteiger partial charge in [0.25, 0.3) is 0 Å². The SMILES string of the molecule is CO[Si](CC[Si](C)(C)O[Si](C)(O[Si](C)(C)CC[Si](OC)(OC)OC)O[Si](C)(C)CC[Si](OC)(OC)OC)(OC)OC. The van der Waals surface area contributed by atoms with Gasteiger partial charge in [0, 0.05) is 88.7 Å². The summed E-state index contributed by atoms with van der Waals surface area (Å²) in [7, 11) is -3.75. The van der Waals surface area contributed by atoms with Crippen LogP contribution in [0.2, 0.25) is 82.1 Å². The fourth-order valence-electron chi connectivity index (χ4n) is 4.75. The van der Waals surface area contributed by atoms with Gasteiger partial charge in [-0.2, -0.15) is 0 Å². The van der Waals surface area contributed by atoms with Gasteiger partial charge in [0.2, 0.25) is 0 Å². The Labute approximate surface area is 257 Å². The second-order valence-corrected chi connectivity index (χ2v) is 37.3. The van der Waals surface area contributed by atoms with Gasteiger partial charge in [-0.05, 0) is 57.4 Å². The summed E-state index contributed by atoms with van der Waals surface area (Å²) in [6.45, 7) is 15.2. The molecule has 41 heavy (non-hydrogen) atoms. The molecule has 0 aliphatic heterocycles. The van der Waals surface area contributed by atoms with Gasteiger partial charge < -0.3 is 52.2 Å². The third kappa shape index (κ3) is 13.9. The molecule has 0 spiro atoms. The number of rotatable bonds is 24. The summed E-state index contributed by atoms with van der Waals surface area (Å²) >= 11 is 0. The van der Waals surface area contributed by atoms with Crippen LogP contribution < -0.4 is 0 Å². The van der Waals surface area contributed by atoms with Gasteiger partial charge >= 0.3 is 35.2 Å². The summed E-state index contributed by atoms with van der Waals surface area (Å²) in [5.41, 5.74) is 0. The van der Waals surface area contributed by atoms with Gasteiger partial charge in [-0.3, -0.25) is 0 Å². The Balaban J connectivity index is 6.14. The van der Waals surface area contributed by atoms with E-state index in [0.29, 0.717) is 18.1 Å². The lowest BCUT2D eigenvalue weighted by molar-refractivity contribution is 0.124. The summed E-state index contributed by atoms with van der Waals surface area (Å²) in [5, 5.41) is 0. The van der Waals surface area contributed by atoms with E-state index in [0.717, 1.165) is 18.1 Å². The van der Waals surface area contributed by atoms with Crippen molar-refractivity contribution in [1.82, 2.24) is 0 Å². The summed E-state index contributed by atoms with van der Waals surface area (Å²) in [4.78, 5) is 0. The zero-order chi connectivity index (χ0) is 32.2. The molecule has 0 fully saturated rings. The molecule has 248 valence electrons. The van der Waals surface area contributed by atoms with Gasteiger partial charge in [-0.15, -0.1) is 0 Å². The summed E-state index contributed by atoms with van der Waals surface area (Å²) < 4.78 is 72.2. The highest BCUT2D eigenvalue weighted by Crippen LogP contribution is 2.34. The molecule has 12 nitrogen and oxygen atoms in total. The largest absolute Gasteiger partial charge is 0.499 e. The van der Waals surface area contributed by atoms with Crippen LogP contribution >= 0.6 is 0 Å². The van der Waals surface area contributed by atoms with E-state index in [4.69, 9.17) is 52.2 Å². The van der Waals surface area contributed by atoms with Crippen molar-refractivity contribution in [3.05, 3.63) is 0 Å². The van der Waals surface area contributed by atoms with Crippen LogP contribution in [0.5, 0.6) is 0 Å². The van der Waals surface area contributed by atoms with Crippen LogP contribution in [0, 0.1) is 0 Å². The molecule has 0 unspecified atom stereocenters. The summed E-state index contributed by atoms with van der Waals surface area (Å²) in [5.74, 6) is 0. The predicted octanol–water partition coefficient (Wildman–Crippen LogP) is 4.85. The topological polar surface area (TPSA) is 111 Å². The Bertz CT molecular complexity index is 618.